The summed E-state index contributed by atoms with van der Waals surface area (Å²) >= 11 is 0. The highest BCUT2D eigenvalue weighted by Gasteiger charge is 2.24. The van der Waals surface area contributed by atoms with Gasteiger partial charge in [-0.2, -0.15) is 4.31 Å². The zero-order valence-electron chi connectivity index (χ0n) is 16.4. The minimum Gasteiger partial charge on any atom is -0.350 e. The number of rotatable bonds is 11. The monoisotopic (exact) mass is 383 g/mol. The molecule has 0 atom stereocenters. The maximum absolute atomic E-state index is 12.7. The normalized spacial score (nSPS) is 12.4. The Balaban J connectivity index is 2.89. The standard InChI is InChI=1S/C19H33N3O3S/c1-5-13-22(14-6-2)26(24,25)17-11-9-16(10-12-17)18(23)21-15-19(20,7-3)8-4/h9-12H,5-8,13-15,20H2,1-4H3,(H,21,23). The van der Waals surface area contributed by atoms with E-state index in [9.17, 15) is 13.2 Å². The lowest BCUT2D eigenvalue weighted by Crippen LogP contribution is -2.49. The van der Waals surface area contributed by atoms with Gasteiger partial charge < -0.3 is 11.1 Å². The molecule has 0 saturated carbocycles. The largest absolute Gasteiger partial charge is 0.350 e. The number of nitrogens with zero attached hydrogens (tertiary/aromatic N) is 1. The highest BCUT2D eigenvalue weighted by Crippen LogP contribution is 2.17. The van der Waals surface area contributed by atoms with Crippen LogP contribution in [0.3, 0.4) is 0 Å². The molecule has 0 aromatic heterocycles. The van der Waals surface area contributed by atoms with Gasteiger partial charge in [0.1, 0.15) is 0 Å². The van der Waals surface area contributed by atoms with Crippen molar-refractivity contribution in [1.29, 1.82) is 0 Å². The van der Waals surface area contributed by atoms with Crippen molar-refractivity contribution in [3.63, 3.8) is 0 Å². The summed E-state index contributed by atoms with van der Waals surface area (Å²) in [4.78, 5) is 12.5. The SMILES string of the molecule is CCCN(CCC)S(=O)(=O)c1ccc(C(=O)NCC(N)(CC)CC)cc1. The quantitative estimate of drug-likeness (QED) is 0.614. The van der Waals surface area contributed by atoms with Crippen molar-refractivity contribution in [2.45, 2.75) is 63.8 Å². The van der Waals surface area contributed by atoms with E-state index in [0.29, 0.717) is 25.2 Å². The number of carbonyl (C=O) groups excluding carboxylic acids is 1. The Hall–Kier alpha value is -1.44. The second-order valence-corrected chi connectivity index (χ2v) is 8.62. The molecule has 0 saturated heterocycles. The first-order valence-corrected chi connectivity index (χ1v) is 10.8. The predicted octanol–water partition coefficient (Wildman–Crippen LogP) is 2.74. The lowest BCUT2D eigenvalue weighted by atomic mass is 9.94. The molecule has 0 spiro atoms. The zero-order valence-corrected chi connectivity index (χ0v) is 17.2. The van der Waals surface area contributed by atoms with Crippen LogP contribution in [0.2, 0.25) is 0 Å². The van der Waals surface area contributed by atoms with E-state index in [-0.39, 0.29) is 10.8 Å². The molecule has 1 aromatic rings. The number of amides is 1. The summed E-state index contributed by atoms with van der Waals surface area (Å²) in [5.41, 5.74) is 6.20. The summed E-state index contributed by atoms with van der Waals surface area (Å²) in [5, 5.41) is 2.84. The first-order valence-electron chi connectivity index (χ1n) is 9.41. The fourth-order valence-corrected chi connectivity index (χ4v) is 4.26. The Morgan fingerprint density at radius 1 is 1.04 bits per heavy atom. The van der Waals surface area contributed by atoms with E-state index in [2.05, 4.69) is 5.32 Å². The van der Waals surface area contributed by atoms with Crippen molar-refractivity contribution < 1.29 is 13.2 Å². The number of hydrogen-bond donors (Lipinski definition) is 2. The number of carbonyl (C=O) groups is 1. The molecule has 0 aliphatic heterocycles. The van der Waals surface area contributed by atoms with Gasteiger partial charge in [0.15, 0.2) is 0 Å². The average molecular weight is 384 g/mol. The zero-order chi connectivity index (χ0) is 19.8. The van der Waals surface area contributed by atoms with E-state index in [1.54, 1.807) is 12.1 Å². The van der Waals surface area contributed by atoms with Gasteiger partial charge in [-0.15, -0.1) is 0 Å². The first kappa shape index (κ1) is 22.6. The molecule has 0 aliphatic carbocycles. The molecule has 0 bridgehead atoms. The molecule has 0 radical (unpaired) electrons. The minimum absolute atomic E-state index is 0.214. The van der Waals surface area contributed by atoms with Crippen LogP contribution in [0, 0.1) is 0 Å². The predicted molar refractivity (Wildman–Crippen MR) is 106 cm³/mol. The van der Waals surface area contributed by atoms with Gasteiger partial charge in [0, 0.05) is 30.7 Å². The van der Waals surface area contributed by atoms with E-state index >= 15 is 0 Å². The van der Waals surface area contributed by atoms with E-state index in [1.165, 1.54) is 16.4 Å². The van der Waals surface area contributed by atoms with Crippen LogP contribution in [-0.2, 0) is 10.0 Å². The van der Waals surface area contributed by atoms with E-state index in [0.717, 1.165) is 25.7 Å². The molecule has 3 N–H and O–H groups in total. The summed E-state index contributed by atoms with van der Waals surface area (Å²) < 4.78 is 27.0. The van der Waals surface area contributed by atoms with E-state index in [1.807, 2.05) is 27.7 Å². The third-order valence-electron chi connectivity index (χ3n) is 4.71. The fraction of sp³-hybridized carbons (Fsp3) is 0.632. The van der Waals surface area contributed by atoms with Gasteiger partial charge in [-0.05, 0) is 49.9 Å². The molecule has 26 heavy (non-hydrogen) atoms. The van der Waals surface area contributed by atoms with Gasteiger partial charge >= 0.3 is 0 Å². The Bertz CT molecular complexity index is 662. The minimum atomic E-state index is -3.53. The van der Waals surface area contributed by atoms with Gasteiger partial charge in [0.2, 0.25) is 10.0 Å². The summed E-state index contributed by atoms with van der Waals surface area (Å²) in [7, 11) is -3.53. The van der Waals surface area contributed by atoms with Crippen molar-refractivity contribution in [3.05, 3.63) is 29.8 Å². The molecule has 1 amide bonds. The molecule has 7 heteroatoms. The van der Waals surface area contributed by atoms with Crippen LogP contribution < -0.4 is 11.1 Å². The van der Waals surface area contributed by atoms with Crippen molar-refractivity contribution in [2.24, 2.45) is 5.73 Å². The van der Waals surface area contributed by atoms with Crippen LogP contribution in [0.25, 0.3) is 0 Å². The molecule has 0 aliphatic rings. The number of benzene rings is 1. The summed E-state index contributed by atoms with van der Waals surface area (Å²) in [6.07, 6.45) is 3.06. The third kappa shape index (κ3) is 5.79. The molecular formula is C19H33N3O3S. The Labute approximate surface area is 158 Å². The number of nitrogens with two attached hydrogens (primary N) is 1. The van der Waals surface area contributed by atoms with Crippen LogP contribution in [0.4, 0.5) is 0 Å². The number of nitrogens with one attached hydrogen (secondary N) is 1. The van der Waals surface area contributed by atoms with Crippen molar-refractivity contribution in [2.75, 3.05) is 19.6 Å². The Morgan fingerprint density at radius 3 is 1.96 bits per heavy atom. The Morgan fingerprint density at radius 2 is 1.54 bits per heavy atom. The van der Waals surface area contributed by atoms with Crippen LogP contribution in [0.15, 0.2) is 29.2 Å². The van der Waals surface area contributed by atoms with E-state index in [4.69, 9.17) is 5.73 Å². The van der Waals surface area contributed by atoms with Gasteiger partial charge in [-0.25, -0.2) is 8.42 Å². The third-order valence-corrected chi connectivity index (χ3v) is 6.62. The molecule has 0 fully saturated rings. The lowest BCUT2D eigenvalue weighted by molar-refractivity contribution is 0.0942. The van der Waals surface area contributed by atoms with Gasteiger partial charge in [0.05, 0.1) is 4.90 Å². The van der Waals surface area contributed by atoms with Crippen LogP contribution >= 0.6 is 0 Å². The van der Waals surface area contributed by atoms with Crippen LogP contribution in [-0.4, -0.2) is 43.8 Å². The van der Waals surface area contributed by atoms with Gasteiger partial charge in [0.25, 0.3) is 5.91 Å². The molecule has 0 heterocycles. The smallest absolute Gasteiger partial charge is 0.251 e. The molecule has 0 unspecified atom stereocenters. The number of sulfonamides is 1. The maximum Gasteiger partial charge on any atom is 0.251 e. The van der Waals surface area contributed by atoms with Gasteiger partial charge in [-0.3, -0.25) is 4.79 Å². The molecule has 6 nitrogen and oxygen atoms in total. The average Bonchev–Trinajstić information content (AvgIpc) is 2.65. The lowest BCUT2D eigenvalue weighted by Gasteiger charge is -2.26. The fourth-order valence-electron chi connectivity index (χ4n) is 2.64. The van der Waals surface area contributed by atoms with Crippen molar-refractivity contribution in [1.82, 2.24) is 9.62 Å². The molecule has 148 valence electrons. The number of hydrogen-bond acceptors (Lipinski definition) is 4. The summed E-state index contributed by atoms with van der Waals surface area (Å²) in [6, 6.07) is 6.10. The first-order chi connectivity index (χ1) is 12.2. The topological polar surface area (TPSA) is 92.5 Å². The highest BCUT2D eigenvalue weighted by molar-refractivity contribution is 7.89. The maximum atomic E-state index is 12.7. The van der Waals surface area contributed by atoms with E-state index < -0.39 is 15.6 Å². The summed E-state index contributed by atoms with van der Waals surface area (Å²) in [5.74, 6) is -0.246. The van der Waals surface area contributed by atoms with Crippen molar-refractivity contribution in [3.8, 4) is 0 Å². The summed E-state index contributed by atoms with van der Waals surface area (Å²) in [6.45, 7) is 9.27. The van der Waals surface area contributed by atoms with Crippen LogP contribution in [0.1, 0.15) is 63.7 Å². The molecule has 1 rings (SSSR count). The Kier molecular flexibility index (Phi) is 8.73. The van der Waals surface area contributed by atoms with Crippen LogP contribution in [0.5, 0.6) is 0 Å². The van der Waals surface area contributed by atoms with Crippen molar-refractivity contribution >= 4 is 15.9 Å². The second-order valence-electron chi connectivity index (χ2n) is 6.68. The second kappa shape index (κ2) is 10.0. The molecule has 1 aromatic carbocycles. The highest BCUT2D eigenvalue weighted by atomic mass is 32.2. The molecular weight excluding hydrogens is 350 g/mol. The van der Waals surface area contributed by atoms with Gasteiger partial charge in [-0.1, -0.05) is 27.7 Å².